The highest BCUT2D eigenvalue weighted by atomic mass is 16.5. The molecular formula is C18H25N5O2. The molecule has 2 aromatic rings. The summed E-state index contributed by atoms with van der Waals surface area (Å²) in [5.74, 6) is -0.235. The summed E-state index contributed by atoms with van der Waals surface area (Å²) in [5.41, 5.74) is 2.45. The Morgan fingerprint density at radius 1 is 1.24 bits per heavy atom. The molecule has 2 aromatic heterocycles. The van der Waals surface area contributed by atoms with Crippen LogP contribution in [-0.4, -0.2) is 38.3 Å². The maximum atomic E-state index is 12.0. The molecule has 0 aromatic carbocycles. The minimum Gasteiger partial charge on any atom is -0.364 e. The molecule has 7 nitrogen and oxygen atoms in total. The molecule has 0 unspecified atom stereocenters. The van der Waals surface area contributed by atoms with Crippen molar-refractivity contribution in [3.63, 3.8) is 0 Å². The number of hydrogen-bond donors (Lipinski definition) is 1. The molecule has 0 bridgehead atoms. The second-order valence-corrected chi connectivity index (χ2v) is 7.03. The van der Waals surface area contributed by atoms with E-state index in [4.69, 9.17) is 4.52 Å². The number of nitrogens with zero attached hydrogens (tertiary/aromatic N) is 4. The number of carbonyl (C=O) groups is 1. The number of rotatable bonds is 4. The minimum absolute atomic E-state index is 0.235. The Kier molecular flexibility index (Phi) is 4.83. The number of amides is 1. The van der Waals surface area contributed by atoms with Crippen molar-refractivity contribution in [1.82, 2.24) is 25.2 Å². The summed E-state index contributed by atoms with van der Waals surface area (Å²) in [6.45, 7) is 3.49. The van der Waals surface area contributed by atoms with Crippen molar-refractivity contribution in [3.05, 3.63) is 35.5 Å². The van der Waals surface area contributed by atoms with Gasteiger partial charge in [-0.3, -0.25) is 14.4 Å². The van der Waals surface area contributed by atoms with Gasteiger partial charge in [-0.1, -0.05) is 24.4 Å². The van der Waals surface area contributed by atoms with E-state index in [1.807, 2.05) is 0 Å². The third-order valence-electron chi connectivity index (χ3n) is 5.29. The lowest BCUT2D eigenvalue weighted by atomic mass is 9.94. The van der Waals surface area contributed by atoms with Crippen LogP contribution in [0.4, 0.5) is 0 Å². The zero-order valence-electron chi connectivity index (χ0n) is 14.5. The Balaban J connectivity index is 1.39. The first-order valence-electron chi connectivity index (χ1n) is 9.28. The lowest BCUT2D eigenvalue weighted by Crippen LogP contribution is -2.36. The quantitative estimate of drug-likeness (QED) is 0.922. The first-order valence-corrected chi connectivity index (χ1v) is 9.28. The van der Waals surface area contributed by atoms with Crippen molar-refractivity contribution in [1.29, 1.82) is 0 Å². The zero-order chi connectivity index (χ0) is 17.1. The Morgan fingerprint density at radius 2 is 2.12 bits per heavy atom. The molecule has 1 saturated carbocycles. The standard InChI is InChI=1S/C18H25N5O2/c24-18(17-7-10-25-21-17)19-12-14-11-16-13-22(8-4-9-23(16)20-14)15-5-2-1-3-6-15/h7,10-11,15H,1-6,8-9,12-13H2,(H,19,24). The molecule has 0 saturated heterocycles. The van der Waals surface area contributed by atoms with Crippen LogP contribution in [0.25, 0.3) is 0 Å². The van der Waals surface area contributed by atoms with E-state index in [1.165, 1.54) is 44.1 Å². The van der Waals surface area contributed by atoms with Crippen LogP contribution in [-0.2, 0) is 19.6 Å². The normalized spacial score (nSPS) is 19.4. The maximum absolute atomic E-state index is 12.0. The van der Waals surface area contributed by atoms with E-state index < -0.39 is 0 Å². The highest BCUT2D eigenvalue weighted by molar-refractivity contribution is 5.91. The van der Waals surface area contributed by atoms with Gasteiger partial charge in [-0.05, 0) is 25.3 Å². The van der Waals surface area contributed by atoms with Gasteiger partial charge in [-0.2, -0.15) is 5.10 Å². The molecule has 0 radical (unpaired) electrons. The average molecular weight is 343 g/mol. The Morgan fingerprint density at radius 3 is 2.92 bits per heavy atom. The van der Waals surface area contributed by atoms with Crippen LogP contribution in [0.15, 0.2) is 22.9 Å². The van der Waals surface area contributed by atoms with Gasteiger partial charge in [0, 0.05) is 31.7 Å². The molecule has 4 rings (SSSR count). The van der Waals surface area contributed by atoms with E-state index in [-0.39, 0.29) is 5.91 Å². The van der Waals surface area contributed by atoms with Crippen LogP contribution in [0.2, 0.25) is 0 Å². The van der Waals surface area contributed by atoms with Gasteiger partial charge in [0.1, 0.15) is 6.26 Å². The number of carbonyl (C=O) groups excluding carboxylic acids is 1. The molecule has 0 atom stereocenters. The largest absolute Gasteiger partial charge is 0.364 e. The Hall–Kier alpha value is -2.15. The van der Waals surface area contributed by atoms with Crippen molar-refractivity contribution in [2.24, 2.45) is 0 Å². The van der Waals surface area contributed by atoms with Crippen molar-refractivity contribution < 1.29 is 9.32 Å². The number of nitrogens with one attached hydrogen (secondary N) is 1. The summed E-state index contributed by atoms with van der Waals surface area (Å²) in [6, 6.07) is 4.41. The molecule has 25 heavy (non-hydrogen) atoms. The molecule has 1 fully saturated rings. The van der Waals surface area contributed by atoms with E-state index in [0.29, 0.717) is 12.2 Å². The lowest BCUT2D eigenvalue weighted by molar-refractivity contribution is 0.0941. The summed E-state index contributed by atoms with van der Waals surface area (Å²) in [7, 11) is 0. The predicted molar refractivity (Wildman–Crippen MR) is 91.8 cm³/mol. The molecule has 0 spiro atoms. The maximum Gasteiger partial charge on any atom is 0.273 e. The van der Waals surface area contributed by atoms with E-state index in [0.717, 1.165) is 37.8 Å². The number of aryl methyl sites for hydroxylation is 1. The highest BCUT2D eigenvalue weighted by Gasteiger charge is 2.24. The van der Waals surface area contributed by atoms with Gasteiger partial charge in [0.05, 0.1) is 17.9 Å². The summed E-state index contributed by atoms with van der Waals surface area (Å²) in [5, 5.41) is 11.2. The van der Waals surface area contributed by atoms with E-state index in [2.05, 4.69) is 31.2 Å². The predicted octanol–water partition coefficient (Wildman–Crippen LogP) is 2.34. The van der Waals surface area contributed by atoms with Gasteiger partial charge in [0.25, 0.3) is 5.91 Å². The molecule has 1 aliphatic heterocycles. The third kappa shape index (κ3) is 3.76. The lowest BCUT2D eigenvalue weighted by Gasteiger charge is -2.33. The van der Waals surface area contributed by atoms with Crippen molar-refractivity contribution in [3.8, 4) is 0 Å². The van der Waals surface area contributed by atoms with Gasteiger partial charge in [0.15, 0.2) is 5.69 Å². The Bertz CT molecular complexity index is 703. The van der Waals surface area contributed by atoms with Crippen molar-refractivity contribution in [2.45, 2.75) is 64.2 Å². The molecule has 134 valence electrons. The summed E-state index contributed by atoms with van der Waals surface area (Å²) >= 11 is 0. The van der Waals surface area contributed by atoms with Crippen LogP contribution in [0, 0.1) is 0 Å². The molecule has 1 N–H and O–H groups in total. The molecule has 3 heterocycles. The van der Waals surface area contributed by atoms with Crippen LogP contribution in [0.1, 0.15) is 60.4 Å². The van der Waals surface area contributed by atoms with Gasteiger partial charge in [-0.15, -0.1) is 0 Å². The van der Waals surface area contributed by atoms with Crippen LogP contribution in [0.5, 0.6) is 0 Å². The number of fused-ring (bicyclic) bond motifs is 1. The second-order valence-electron chi connectivity index (χ2n) is 7.03. The third-order valence-corrected chi connectivity index (χ3v) is 5.29. The molecule has 2 aliphatic rings. The van der Waals surface area contributed by atoms with Gasteiger partial charge in [0.2, 0.25) is 0 Å². The summed E-state index contributed by atoms with van der Waals surface area (Å²) in [4.78, 5) is 14.6. The average Bonchev–Trinajstić information content (AvgIpc) is 3.27. The highest BCUT2D eigenvalue weighted by Crippen LogP contribution is 2.25. The fourth-order valence-electron chi connectivity index (χ4n) is 3.98. The monoisotopic (exact) mass is 343 g/mol. The fourth-order valence-corrected chi connectivity index (χ4v) is 3.98. The topological polar surface area (TPSA) is 76.2 Å². The summed E-state index contributed by atoms with van der Waals surface area (Å²) in [6.07, 6.45) is 9.30. The molecule has 1 amide bonds. The SMILES string of the molecule is O=C(NCc1cc2n(n1)CCCN(C1CCCCC1)C2)c1ccon1. The van der Waals surface area contributed by atoms with E-state index in [9.17, 15) is 4.79 Å². The Labute approximate surface area is 147 Å². The summed E-state index contributed by atoms with van der Waals surface area (Å²) < 4.78 is 6.81. The minimum atomic E-state index is -0.235. The molecular weight excluding hydrogens is 318 g/mol. The van der Waals surface area contributed by atoms with E-state index >= 15 is 0 Å². The van der Waals surface area contributed by atoms with Crippen LogP contribution in [0.3, 0.4) is 0 Å². The van der Waals surface area contributed by atoms with Crippen molar-refractivity contribution >= 4 is 5.91 Å². The van der Waals surface area contributed by atoms with Gasteiger partial charge >= 0.3 is 0 Å². The number of hydrogen-bond acceptors (Lipinski definition) is 5. The van der Waals surface area contributed by atoms with Crippen LogP contribution >= 0.6 is 0 Å². The van der Waals surface area contributed by atoms with Gasteiger partial charge in [-0.25, -0.2) is 0 Å². The van der Waals surface area contributed by atoms with Crippen LogP contribution < -0.4 is 5.32 Å². The van der Waals surface area contributed by atoms with E-state index in [1.54, 1.807) is 6.07 Å². The first-order chi connectivity index (χ1) is 12.3. The second kappa shape index (κ2) is 7.39. The fraction of sp³-hybridized carbons (Fsp3) is 0.611. The number of aromatic nitrogens is 3. The molecule has 7 heteroatoms. The smallest absolute Gasteiger partial charge is 0.273 e. The first kappa shape index (κ1) is 16.3. The van der Waals surface area contributed by atoms with Crippen molar-refractivity contribution in [2.75, 3.05) is 6.54 Å². The molecule has 1 aliphatic carbocycles. The van der Waals surface area contributed by atoms with Gasteiger partial charge < -0.3 is 9.84 Å². The zero-order valence-corrected chi connectivity index (χ0v) is 14.5.